The highest BCUT2D eigenvalue weighted by Gasteiger charge is 2.21. The second-order valence-corrected chi connectivity index (χ2v) is 8.61. The van der Waals surface area contributed by atoms with Crippen molar-refractivity contribution in [3.05, 3.63) is 57.5 Å². The number of nitrogens with zero attached hydrogens (tertiary/aromatic N) is 4. The average molecular weight is 373 g/mol. The van der Waals surface area contributed by atoms with Gasteiger partial charge in [-0.2, -0.15) is 9.61 Å². The van der Waals surface area contributed by atoms with E-state index in [0.29, 0.717) is 10.2 Å². The fraction of sp³-hybridized carbons (Fsp3) is 0.389. The number of thioether (sulfide) groups is 1. The van der Waals surface area contributed by atoms with Gasteiger partial charge in [-0.15, -0.1) is 11.8 Å². The Kier molecular flexibility index (Phi) is 4.87. The van der Waals surface area contributed by atoms with Crippen LogP contribution in [-0.2, 0) is 6.54 Å². The van der Waals surface area contributed by atoms with Gasteiger partial charge in [0.1, 0.15) is 5.51 Å². The van der Waals surface area contributed by atoms with E-state index in [1.807, 2.05) is 11.8 Å². The maximum absolute atomic E-state index is 12.0. The van der Waals surface area contributed by atoms with Gasteiger partial charge in [0.15, 0.2) is 0 Å². The zero-order chi connectivity index (χ0) is 17.2. The van der Waals surface area contributed by atoms with Crippen molar-refractivity contribution in [1.82, 2.24) is 19.5 Å². The summed E-state index contributed by atoms with van der Waals surface area (Å²) >= 11 is 3.39. The van der Waals surface area contributed by atoms with E-state index in [1.54, 1.807) is 11.6 Å². The lowest BCUT2D eigenvalue weighted by Gasteiger charge is -2.31. The highest BCUT2D eigenvalue weighted by molar-refractivity contribution is 8.00. The van der Waals surface area contributed by atoms with Crippen LogP contribution in [-0.4, -0.2) is 37.8 Å². The molecule has 4 rings (SSSR count). The average Bonchev–Trinajstić information content (AvgIpc) is 3.06. The normalized spacial score (nSPS) is 16.5. The third kappa shape index (κ3) is 3.94. The van der Waals surface area contributed by atoms with Gasteiger partial charge in [-0.1, -0.05) is 29.0 Å². The summed E-state index contributed by atoms with van der Waals surface area (Å²) in [5.41, 5.74) is 3.73. The van der Waals surface area contributed by atoms with Gasteiger partial charge >= 0.3 is 0 Å². The number of likely N-dealkylation sites (tertiary alicyclic amines) is 1. The molecule has 2 aromatic heterocycles. The van der Waals surface area contributed by atoms with E-state index >= 15 is 0 Å². The molecule has 1 aromatic carbocycles. The molecule has 3 heterocycles. The number of rotatable bonds is 4. The molecular weight excluding hydrogens is 352 g/mol. The lowest BCUT2D eigenvalue weighted by Crippen LogP contribution is -2.35. The highest BCUT2D eigenvalue weighted by atomic mass is 32.2. The lowest BCUT2D eigenvalue weighted by atomic mass is 10.1. The highest BCUT2D eigenvalue weighted by Crippen LogP contribution is 2.31. The molecule has 0 atom stereocenters. The minimum Gasteiger partial charge on any atom is -0.297 e. The second-order valence-electron chi connectivity index (χ2n) is 6.43. The predicted octanol–water partition coefficient (Wildman–Crippen LogP) is 3.22. The van der Waals surface area contributed by atoms with Crippen molar-refractivity contribution in [2.45, 2.75) is 36.5 Å². The second kappa shape index (κ2) is 7.27. The van der Waals surface area contributed by atoms with Gasteiger partial charge in [0.25, 0.3) is 5.56 Å². The number of aromatic nitrogens is 3. The lowest BCUT2D eigenvalue weighted by molar-refractivity contribution is 0.222. The fourth-order valence-electron chi connectivity index (χ4n) is 3.18. The molecule has 0 aliphatic carbocycles. The van der Waals surface area contributed by atoms with E-state index in [9.17, 15) is 4.79 Å². The Balaban J connectivity index is 1.36. The van der Waals surface area contributed by atoms with E-state index in [4.69, 9.17) is 0 Å². The SMILES string of the molecule is Cc1cccc(SC2CCN(Cc3cc(=O)n4ncsc4n3)CC2)c1. The third-order valence-electron chi connectivity index (χ3n) is 4.45. The summed E-state index contributed by atoms with van der Waals surface area (Å²) in [5, 5.41) is 4.67. The molecule has 1 aliphatic heterocycles. The molecular formula is C18H20N4OS2. The molecule has 1 fully saturated rings. The Morgan fingerprint density at radius 2 is 2.12 bits per heavy atom. The molecule has 1 saturated heterocycles. The van der Waals surface area contributed by atoms with Crippen molar-refractivity contribution in [2.75, 3.05) is 13.1 Å². The van der Waals surface area contributed by atoms with Crippen LogP contribution in [0.1, 0.15) is 24.1 Å². The van der Waals surface area contributed by atoms with Crippen LogP contribution in [0.3, 0.4) is 0 Å². The first-order valence-electron chi connectivity index (χ1n) is 8.45. The largest absolute Gasteiger partial charge is 0.297 e. The molecule has 25 heavy (non-hydrogen) atoms. The van der Waals surface area contributed by atoms with E-state index < -0.39 is 0 Å². The molecule has 0 radical (unpaired) electrons. The van der Waals surface area contributed by atoms with Crippen molar-refractivity contribution in [2.24, 2.45) is 0 Å². The van der Waals surface area contributed by atoms with Crippen LogP contribution in [0.15, 0.2) is 45.5 Å². The van der Waals surface area contributed by atoms with Gasteiger partial charge < -0.3 is 0 Å². The number of hydrogen-bond donors (Lipinski definition) is 0. The molecule has 0 spiro atoms. The third-order valence-corrected chi connectivity index (χ3v) is 6.46. The molecule has 3 aromatic rings. The quantitative estimate of drug-likeness (QED) is 0.704. The van der Waals surface area contributed by atoms with E-state index in [-0.39, 0.29) is 5.56 Å². The Bertz CT molecular complexity index is 928. The molecule has 0 unspecified atom stereocenters. The predicted molar refractivity (Wildman–Crippen MR) is 102 cm³/mol. The van der Waals surface area contributed by atoms with Crippen molar-refractivity contribution >= 4 is 28.1 Å². The molecule has 130 valence electrons. The first-order valence-corrected chi connectivity index (χ1v) is 10.2. The first kappa shape index (κ1) is 16.8. The van der Waals surface area contributed by atoms with E-state index in [0.717, 1.165) is 25.3 Å². The molecule has 7 heteroatoms. The van der Waals surface area contributed by atoms with Crippen molar-refractivity contribution < 1.29 is 0 Å². The monoisotopic (exact) mass is 372 g/mol. The Hall–Kier alpha value is -1.70. The number of benzene rings is 1. The summed E-state index contributed by atoms with van der Waals surface area (Å²) in [6.07, 6.45) is 2.33. The van der Waals surface area contributed by atoms with Gasteiger partial charge in [0, 0.05) is 22.8 Å². The van der Waals surface area contributed by atoms with Gasteiger partial charge in [0.2, 0.25) is 4.96 Å². The maximum atomic E-state index is 12.0. The summed E-state index contributed by atoms with van der Waals surface area (Å²) in [4.78, 5) is 21.0. The molecule has 0 N–H and O–H groups in total. The number of aryl methyl sites for hydroxylation is 1. The topological polar surface area (TPSA) is 50.5 Å². The van der Waals surface area contributed by atoms with Crippen LogP contribution in [0.4, 0.5) is 0 Å². The molecule has 0 amide bonds. The number of piperidine rings is 1. The summed E-state index contributed by atoms with van der Waals surface area (Å²) in [6.45, 7) is 4.98. The van der Waals surface area contributed by atoms with Crippen LogP contribution in [0.25, 0.3) is 4.96 Å². The minimum absolute atomic E-state index is 0.0915. The van der Waals surface area contributed by atoms with Crippen LogP contribution < -0.4 is 5.56 Å². The molecule has 0 saturated carbocycles. The summed E-state index contributed by atoms with van der Waals surface area (Å²) < 4.78 is 1.36. The van der Waals surface area contributed by atoms with Gasteiger partial charge in [-0.05, 0) is 45.0 Å². The smallest absolute Gasteiger partial charge is 0.275 e. The number of fused-ring (bicyclic) bond motifs is 1. The Labute approximate surface area is 154 Å². The summed E-state index contributed by atoms with van der Waals surface area (Å²) in [5.74, 6) is 0. The zero-order valence-corrected chi connectivity index (χ0v) is 15.7. The van der Waals surface area contributed by atoms with Crippen LogP contribution in [0.5, 0.6) is 0 Å². The van der Waals surface area contributed by atoms with Crippen LogP contribution in [0, 0.1) is 6.92 Å². The van der Waals surface area contributed by atoms with Crippen molar-refractivity contribution in [1.29, 1.82) is 0 Å². The minimum atomic E-state index is -0.0915. The first-order chi connectivity index (χ1) is 12.2. The van der Waals surface area contributed by atoms with E-state index in [1.165, 1.54) is 39.2 Å². The van der Waals surface area contributed by atoms with Gasteiger partial charge in [-0.3, -0.25) is 9.69 Å². The summed E-state index contributed by atoms with van der Waals surface area (Å²) in [6, 6.07) is 10.3. The maximum Gasteiger partial charge on any atom is 0.275 e. The molecule has 0 bridgehead atoms. The molecule has 1 aliphatic rings. The van der Waals surface area contributed by atoms with Crippen molar-refractivity contribution in [3.63, 3.8) is 0 Å². The Morgan fingerprint density at radius 1 is 1.28 bits per heavy atom. The molecule has 5 nitrogen and oxygen atoms in total. The van der Waals surface area contributed by atoms with Crippen molar-refractivity contribution in [3.8, 4) is 0 Å². The zero-order valence-electron chi connectivity index (χ0n) is 14.1. The van der Waals surface area contributed by atoms with Crippen LogP contribution >= 0.6 is 23.1 Å². The van der Waals surface area contributed by atoms with Gasteiger partial charge in [-0.25, -0.2) is 4.98 Å². The van der Waals surface area contributed by atoms with Gasteiger partial charge in [0.05, 0.1) is 5.69 Å². The van der Waals surface area contributed by atoms with E-state index in [2.05, 4.69) is 46.2 Å². The standard InChI is InChI=1S/C18H20N4OS2/c1-13-3-2-4-16(9-13)25-15-5-7-21(8-6-15)11-14-10-17(23)22-18(20-14)24-12-19-22/h2-4,9-10,12,15H,5-8,11H2,1H3. The Morgan fingerprint density at radius 3 is 2.92 bits per heavy atom. The summed E-state index contributed by atoms with van der Waals surface area (Å²) in [7, 11) is 0. The number of hydrogen-bond acceptors (Lipinski definition) is 6. The van der Waals surface area contributed by atoms with Crippen LogP contribution in [0.2, 0.25) is 0 Å². The fourth-order valence-corrected chi connectivity index (χ4v) is 5.06.